The fourth-order valence-electron chi connectivity index (χ4n) is 1.71. The Balaban J connectivity index is 2.19. The molecule has 1 unspecified atom stereocenters. The van der Waals surface area contributed by atoms with Crippen molar-refractivity contribution in [2.45, 2.75) is 52.1 Å². The van der Waals surface area contributed by atoms with Gasteiger partial charge in [0.05, 0.1) is 0 Å². The van der Waals surface area contributed by atoms with Gasteiger partial charge in [-0.1, -0.05) is 0 Å². The zero-order valence-corrected chi connectivity index (χ0v) is 12.6. The zero-order valence-electron chi connectivity index (χ0n) is 11.7. The fourth-order valence-corrected chi connectivity index (χ4v) is 2.39. The molecule has 0 spiro atoms. The first-order valence-corrected chi connectivity index (χ1v) is 7.36. The molecule has 0 fully saturated rings. The van der Waals surface area contributed by atoms with Crippen molar-refractivity contribution < 1.29 is 4.79 Å². The lowest BCUT2D eigenvalue weighted by atomic mass is 10.1. The summed E-state index contributed by atoms with van der Waals surface area (Å²) in [6, 6.07) is 2.30. The Hall–Kier alpha value is -0.870. The molecule has 0 radical (unpaired) electrons. The minimum atomic E-state index is 0.0720. The summed E-state index contributed by atoms with van der Waals surface area (Å²) in [5.74, 6) is 0.120. The molecule has 1 rings (SSSR count). The number of carbonyl (C=O) groups excluding carboxylic acids is 1. The third kappa shape index (κ3) is 6.77. The SMILES string of the molecule is CC(Cc1ccsc1)NC(=O)CCNC(C)(C)C. The molecule has 0 aliphatic heterocycles. The van der Waals surface area contributed by atoms with Crippen molar-refractivity contribution >= 4 is 17.2 Å². The highest BCUT2D eigenvalue weighted by Crippen LogP contribution is 2.08. The minimum absolute atomic E-state index is 0.0720. The predicted molar refractivity (Wildman–Crippen MR) is 78.0 cm³/mol. The maximum atomic E-state index is 11.7. The summed E-state index contributed by atoms with van der Waals surface area (Å²) in [7, 11) is 0. The van der Waals surface area contributed by atoms with Crippen LogP contribution in [-0.4, -0.2) is 24.0 Å². The molecule has 18 heavy (non-hydrogen) atoms. The number of hydrogen-bond donors (Lipinski definition) is 2. The molecule has 1 aromatic heterocycles. The van der Waals surface area contributed by atoms with Gasteiger partial charge in [-0.3, -0.25) is 4.79 Å². The van der Waals surface area contributed by atoms with Gasteiger partial charge in [0.25, 0.3) is 0 Å². The van der Waals surface area contributed by atoms with Crippen LogP contribution in [-0.2, 0) is 11.2 Å². The van der Waals surface area contributed by atoms with E-state index in [1.807, 2.05) is 6.92 Å². The Morgan fingerprint density at radius 3 is 2.72 bits per heavy atom. The van der Waals surface area contributed by atoms with E-state index >= 15 is 0 Å². The molecule has 0 aromatic carbocycles. The predicted octanol–water partition coefficient (Wildman–Crippen LogP) is 2.57. The third-order valence-corrected chi connectivity index (χ3v) is 3.27. The molecular formula is C14H24N2OS. The van der Waals surface area contributed by atoms with E-state index in [1.54, 1.807) is 11.3 Å². The smallest absolute Gasteiger partial charge is 0.221 e. The summed E-state index contributed by atoms with van der Waals surface area (Å²) in [6.45, 7) is 9.07. The van der Waals surface area contributed by atoms with Gasteiger partial charge < -0.3 is 10.6 Å². The Morgan fingerprint density at radius 1 is 1.44 bits per heavy atom. The molecular weight excluding hydrogens is 244 g/mol. The van der Waals surface area contributed by atoms with Crippen molar-refractivity contribution in [2.75, 3.05) is 6.54 Å². The average molecular weight is 268 g/mol. The van der Waals surface area contributed by atoms with E-state index in [1.165, 1.54) is 5.56 Å². The molecule has 1 atom stereocenters. The van der Waals surface area contributed by atoms with Crippen molar-refractivity contribution in [3.05, 3.63) is 22.4 Å². The number of carbonyl (C=O) groups is 1. The summed E-state index contributed by atoms with van der Waals surface area (Å²) < 4.78 is 0. The second-order valence-corrected chi connectivity index (χ2v) is 6.51. The molecule has 0 aliphatic carbocycles. The lowest BCUT2D eigenvalue weighted by molar-refractivity contribution is -0.121. The maximum Gasteiger partial charge on any atom is 0.221 e. The fraction of sp³-hybridized carbons (Fsp3) is 0.643. The molecule has 4 heteroatoms. The van der Waals surface area contributed by atoms with E-state index in [0.29, 0.717) is 6.42 Å². The van der Waals surface area contributed by atoms with Gasteiger partial charge in [0.1, 0.15) is 0 Å². The standard InChI is InChI=1S/C14H24N2OS/c1-11(9-12-6-8-18-10-12)16-13(17)5-7-15-14(2,3)4/h6,8,10-11,15H,5,7,9H2,1-4H3,(H,16,17). The van der Waals surface area contributed by atoms with E-state index in [-0.39, 0.29) is 17.5 Å². The Labute approximate surface area is 114 Å². The van der Waals surface area contributed by atoms with Crippen molar-refractivity contribution in [3.8, 4) is 0 Å². The highest BCUT2D eigenvalue weighted by molar-refractivity contribution is 7.07. The molecule has 0 saturated heterocycles. The van der Waals surface area contributed by atoms with Crippen LogP contribution in [0.4, 0.5) is 0 Å². The minimum Gasteiger partial charge on any atom is -0.353 e. The van der Waals surface area contributed by atoms with Gasteiger partial charge in [0, 0.05) is 24.5 Å². The highest BCUT2D eigenvalue weighted by atomic mass is 32.1. The molecule has 0 aliphatic rings. The molecule has 2 N–H and O–H groups in total. The largest absolute Gasteiger partial charge is 0.353 e. The first-order chi connectivity index (χ1) is 8.37. The van der Waals surface area contributed by atoms with Crippen LogP contribution in [0.5, 0.6) is 0 Å². The van der Waals surface area contributed by atoms with E-state index in [9.17, 15) is 4.79 Å². The molecule has 0 bridgehead atoms. The Kier molecular flexibility index (Phi) is 5.82. The number of hydrogen-bond acceptors (Lipinski definition) is 3. The van der Waals surface area contributed by atoms with E-state index < -0.39 is 0 Å². The third-order valence-electron chi connectivity index (χ3n) is 2.54. The number of thiophene rings is 1. The molecule has 102 valence electrons. The van der Waals surface area contributed by atoms with Crippen LogP contribution in [0.15, 0.2) is 16.8 Å². The molecule has 1 amide bonds. The van der Waals surface area contributed by atoms with Gasteiger partial charge in [0.2, 0.25) is 5.91 Å². The van der Waals surface area contributed by atoms with E-state index in [4.69, 9.17) is 0 Å². The van der Waals surface area contributed by atoms with Crippen LogP contribution in [0.3, 0.4) is 0 Å². The summed E-state index contributed by atoms with van der Waals surface area (Å²) in [6.07, 6.45) is 1.44. The first-order valence-electron chi connectivity index (χ1n) is 6.42. The number of rotatable bonds is 6. The van der Waals surface area contributed by atoms with Crippen molar-refractivity contribution in [3.63, 3.8) is 0 Å². The Bertz CT molecular complexity index is 354. The van der Waals surface area contributed by atoms with E-state index in [0.717, 1.165) is 13.0 Å². The lowest BCUT2D eigenvalue weighted by Crippen LogP contribution is -2.40. The van der Waals surface area contributed by atoms with Gasteiger partial charge in [0.15, 0.2) is 0 Å². The number of amides is 1. The highest BCUT2D eigenvalue weighted by Gasteiger charge is 2.11. The normalized spacial score (nSPS) is 13.3. The summed E-state index contributed by atoms with van der Waals surface area (Å²) in [5, 5.41) is 10.5. The first kappa shape index (κ1) is 15.2. The van der Waals surface area contributed by atoms with Crippen LogP contribution >= 0.6 is 11.3 Å². The molecule has 3 nitrogen and oxygen atoms in total. The van der Waals surface area contributed by atoms with Crippen molar-refractivity contribution in [2.24, 2.45) is 0 Å². The topological polar surface area (TPSA) is 41.1 Å². The average Bonchev–Trinajstić information content (AvgIpc) is 2.67. The second-order valence-electron chi connectivity index (χ2n) is 5.73. The van der Waals surface area contributed by atoms with Crippen LogP contribution in [0.2, 0.25) is 0 Å². The van der Waals surface area contributed by atoms with Crippen LogP contribution in [0.25, 0.3) is 0 Å². The van der Waals surface area contributed by atoms with Gasteiger partial charge in [-0.25, -0.2) is 0 Å². The Morgan fingerprint density at radius 2 is 2.17 bits per heavy atom. The van der Waals surface area contributed by atoms with Gasteiger partial charge >= 0.3 is 0 Å². The number of nitrogens with one attached hydrogen (secondary N) is 2. The summed E-state index contributed by atoms with van der Waals surface area (Å²) in [4.78, 5) is 11.7. The van der Waals surface area contributed by atoms with Gasteiger partial charge in [-0.2, -0.15) is 11.3 Å². The van der Waals surface area contributed by atoms with Crippen LogP contribution in [0, 0.1) is 0 Å². The molecule has 1 heterocycles. The summed E-state index contributed by atoms with van der Waals surface area (Å²) in [5.41, 5.74) is 1.36. The maximum absolute atomic E-state index is 11.7. The second kappa shape index (κ2) is 6.90. The van der Waals surface area contributed by atoms with E-state index in [2.05, 4.69) is 48.2 Å². The van der Waals surface area contributed by atoms with Gasteiger partial charge in [-0.15, -0.1) is 0 Å². The quantitative estimate of drug-likeness (QED) is 0.832. The van der Waals surface area contributed by atoms with Crippen LogP contribution in [0.1, 0.15) is 39.7 Å². The molecule has 1 aromatic rings. The van der Waals surface area contributed by atoms with Crippen molar-refractivity contribution in [1.29, 1.82) is 0 Å². The van der Waals surface area contributed by atoms with Crippen molar-refractivity contribution in [1.82, 2.24) is 10.6 Å². The lowest BCUT2D eigenvalue weighted by Gasteiger charge is -2.20. The monoisotopic (exact) mass is 268 g/mol. The van der Waals surface area contributed by atoms with Gasteiger partial charge in [-0.05, 0) is 56.5 Å². The molecule has 0 saturated carbocycles. The summed E-state index contributed by atoms with van der Waals surface area (Å²) >= 11 is 1.69. The van der Waals surface area contributed by atoms with Crippen LogP contribution < -0.4 is 10.6 Å². The zero-order chi connectivity index (χ0) is 13.6.